The first-order chi connectivity index (χ1) is 11.3. The Morgan fingerprint density at radius 2 is 2.00 bits per heavy atom. The highest BCUT2D eigenvalue weighted by molar-refractivity contribution is 6.32. The minimum atomic E-state index is -4.08. The van der Waals surface area contributed by atoms with Gasteiger partial charge >= 0.3 is 6.18 Å². The molecule has 0 aliphatic heterocycles. The van der Waals surface area contributed by atoms with E-state index in [4.69, 9.17) is 22.1 Å². The molecular weight excluding hydrogens is 343 g/mol. The summed E-state index contributed by atoms with van der Waals surface area (Å²) in [5.74, 6) is -0.258. The highest BCUT2D eigenvalue weighted by atomic mass is 35.5. The van der Waals surface area contributed by atoms with Crippen LogP contribution in [-0.4, -0.2) is 25.8 Å². The molecule has 0 spiro atoms. The van der Waals surface area contributed by atoms with Crippen LogP contribution in [0.2, 0.25) is 5.02 Å². The van der Waals surface area contributed by atoms with Crippen LogP contribution in [0, 0.1) is 11.8 Å². The smallest absolute Gasteiger partial charge is 0.391 e. The number of guanidine groups is 1. The van der Waals surface area contributed by atoms with Crippen LogP contribution in [0.4, 0.5) is 18.9 Å². The standard InChI is InChI=1S/C16H21ClF3N3O/c1-24-14-7-6-12(8-13(14)17)23-15(21)22-9-10-2-4-11(5-3-10)16(18,19)20/h6-8,10-11H,2-5,9H2,1H3,(H3,21,22,23). The van der Waals surface area contributed by atoms with Crippen LogP contribution in [0.3, 0.4) is 0 Å². The fourth-order valence-electron chi connectivity index (χ4n) is 2.83. The van der Waals surface area contributed by atoms with E-state index in [1.54, 1.807) is 18.2 Å². The molecule has 1 saturated carbocycles. The zero-order valence-electron chi connectivity index (χ0n) is 13.4. The third kappa shape index (κ3) is 5.19. The summed E-state index contributed by atoms with van der Waals surface area (Å²) in [6.07, 6.45) is -2.69. The van der Waals surface area contributed by atoms with E-state index in [1.165, 1.54) is 7.11 Å². The highest BCUT2D eigenvalue weighted by Gasteiger charge is 2.41. The number of ether oxygens (including phenoxy) is 1. The summed E-state index contributed by atoms with van der Waals surface area (Å²) >= 11 is 6.02. The number of hydrogen-bond donors (Lipinski definition) is 2. The fourth-order valence-corrected chi connectivity index (χ4v) is 3.09. The number of benzene rings is 1. The second kappa shape index (κ2) is 7.96. The molecule has 134 valence electrons. The van der Waals surface area contributed by atoms with Crippen molar-refractivity contribution in [1.82, 2.24) is 0 Å². The molecule has 0 aromatic heterocycles. The van der Waals surface area contributed by atoms with Crippen molar-refractivity contribution in [2.24, 2.45) is 22.6 Å². The monoisotopic (exact) mass is 363 g/mol. The Labute approximate surface area is 144 Å². The number of nitrogens with two attached hydrogens (primary N) is 1. The van der Waals surface area contributed by atoms with Gasteiger partial charge in [-0.2, -0.15) is 13.2 Å². The Morgan fingerprint density at radius 3 is 2.54 bits per heavy atom. The van der Waals surface area contributed by atoms with Crippen molar-refractivity contribution in [2.75, 3.05) is 19.0 Å². The number of methoxy groups -OCH3 is 1. The van der Waals surface area contributed by atoms with Crippen LogP contribution in [-0.2, 0) is 0 Å². The zero-order chi connectivity index (χ0) is 17.7. The third-order valence-corrected chi connectivity index (χ3v) is 4.55. The third-order valence-electron chi connectivity index (χ3n) is 4.25. The van der Waals surface area contributed by atoms with Crippen molar-refractivity contribution in [3.63, 3.8) is 0 Å². The Bertz CT molecular complexity index is 584. The number of rotatable bonds is 4. The maximum absolute atomic E-state index is 12.6. The van der Waals surface area contributed by atoms with Gasteiger partial charge in [-0.1, -0.05) is 11.6 Å². The van der Waals surface area contributed by atoms with Gasteiger partial charge in [0.05, 0.1) is 18.1 Å². The summed E-state index contributed by atoms with van der Waals surface area (Å²) in [4.78, 5) is 4.23. The van der Waals surface area contributed by atoms with E-state index in [0.29, 0.717) is 35.8 Å². The van der Waals surface area contributed by atoms with Gasteiger partial charge in [0.1, 0.15) is 5.75 Å². The summed E-state index contributed by atoms with van der Waals surface area (Å²) in [5, 5.41) is 3.36. The summed E-state index contributed by atoms with van der Waals surface area (Å²) in [7, 11) is 1.53. The van der Waals surface area contributed by atoms with Crippen molar-refractivity contribution in [3.05, 3.63) is 23.2 Å². The topological polar surface area (TPSA) is 59.6 Å². The summed E-state index contributed by atoms with van der Waals surface area (Å²) in [6, 6.07) is 5.12. The van der Waals surface area contributed by atoms with Gasteiger partial charge in [0.2, 0.25) is 0 Å². The molecule has 24 heavy (non-hydrogen) atoms. The molecular formula is C16H21ClF3N3O. The normalized spacial score (nSPS) is 22.3. The maximum atomic E-state index is 12.6. The minimum Gasteiger partial charge on any atom is -0.495 e. The quantitative estimate of drug-likeness (QED) is 0.614. The van der Waals surface area contributed by atoms with E-state index in [0.717, 1.165) is 0 Å². The van der Waals surface area contributed by atoms with Gasteiger partial charge in [0.15, 0.2) is 5.96 Å². The van der Waals surface area contributed by atoms with E-state index < -0.39 is 12.1 Å². The summed E-state index contributed by atoms with van der Waals surface area (Å²) in [6.45, 7) is 0.424. The lowest BCUT2D eigenvalue weighted by atomic mass is 9.82. The van der Waals surface area contributed by atoms with Crippen LogP contribution in [0.5, 0.6) is 5.75 Å². The van der Waals surface area contributed by atoms with Crippen molar-refractivity contribution < 1.29 is 17.9 Å². The van der Waals surface area contributed by atoms with E-state index in [9.17, 15) is 13.2 Å². The van der Waals surface area contributed by atoms with Crippen molar-refractivity contribution in [2.45, 2.75) is 31.9 Å². The van der Waals surface area contributed by atoms with E-state index in [2.05, 4.69) is 10.3 Å². The number of nitrogens with one attached hydrogen (secondary N) is 1. The average Bonchev–Trinajstić information content (AvgIpc) is 2.53. The van der Waals surface area contributed by atoms with E-state index in [-0.39, 0.29) is 24.7 Å². The van der Waals surface area contributed by atoms with E-state index in [1.807, 2.05) is 0 Å². The molecule has 0 amide bonds. The molecule has 0 unspecified atom stereocenters. The number of anilines is 1. The maximum Gasteiger partial charge on any atom is 0.391 e. The van der Waals surface area contributed by atoms with Crippen molar-refractivity contribution >= 4 is 23.2 Å². The van der Waals surface area contributed by atoms with Crippen LogP contribution >= 0.6 is 11.6 Å². The van der Waals surface area contributed by atoms with Crippen LogP contribution in [0.25, 0.3) is 0 Å². The lowest BCUT2D eigenvalue weighted by molar-refractivity contribution is -0.183. The SMILES string of the molecule is COc1ccc(NC(N)=NCC2CCC(C(F)(F)F)CC2)cc1Cl. The Hall–Kier alpha value is -1.63. The number of aliphatic imine (C=N–C) groups is 1. The van der Waals surface area contributed by atoms with Gasteiger partial charge in [0.25, 0.3) is 0 Å². The van der Waals surface area contributed by atoms with Crippen LogP contribution in [0.1, 0.15) is 25.7 Å². The predicted molar refractivity (Wildman–Crippen MR) is 89.6 cm³/mol. The van der Waals surface area contributed by atoms with Gasteiger partial charge in [-0.05, 0) is 49.8 Å². The van der Waals surface area contributed by atoms with Crippen molar-refractivity contribution in [3.8, 4) is 5.75 Å². The molecule has 0 radical (unpaired) electrons. The van der Waals surface area contributed by atoms with Gasteiger partial charge in [-0.3, -0.25) is 4.99 Å². The molecule has 4 nitrogen and oxygen atoms in total. The molecule has 3 N–H and O–H groups in total. The second-order valence-electron chi connectivity index (χ2n) is 5.96. The molecule has 0 heterocycles. The van der Waals surface area contributed by atoms with Gasteiger partial charge in [-0.25, -0.2) is 0 Å². The molecule has 1 aromatic carbocycles. The van der Waals surface area contributed by atoms with Gasteiger partial charge in [0, 0.05) is 12.2 Å². The predicted octanol–water partition coefficient (Wildman–Crippen LogP) is 4.44. The lowest BCUT2D eigenvalue weighted by Gasteiger charge is -2.29. The fraction of sp³-hybridized carbons (Fsp3) is 0.562. The largest absolute Gasteiger partial charge is 0.495 e. The average molecular weight is 364 g/mol. The van der Waals surface area contributed by atoms with E-state index >= 15 is 0 Å². The van der Waals surface area contributed by atoms with Gasteiger partial charge < -0.3 is 15.8 Å². The minimum absolute atomic E-state index is 0.142. The molecule has 0 saturated heterocycles. The summed E-state index contributed by atoms with van der Waals surface area (Å²) in [5.41, 5.74) is 6.49. The lowest BCUT2D eigenvalue weighted by Crippen LogP contribution is -2.29. The molecule has 1 aromatic rings. The number of nitrogens with zero attached hydrogens (tertiary/aromatic N) is 1. The zero-order valence-corrected chi connectivity index (χ0v) is 14.1. The Kier molecular flexibility index (Phi) is 6.21. The number of hydrogen-bond acceptors (Lipinski definition) is 2. The van der Waals surface area contributed by atoms with Crippen LogP contribution < -0.4 is 15.8 Å². The second-order valence-corrected chi connectivity index (χ2v) is 6.37. The van der Waals surface area contributed by atoms with Crippen LogP contribution in [0.15, 0.2) is 23.2 Å². The molecule has 8 heteroatoms. The first-order valence-corrected chi connectivity index (χ1v) is 8.14. The molecule has 1 aliphatic carbocycles. The molecule has 2 rings (SSSR count). The number of halogens is 4. The molecule has 1 aliphatic rings. The first-order valence-electron chi connectivity index (χ1n) is 7.76. The Balaban J connectivity index is 1.83. The number of alkyl halides is 3. The van der Waals surface area contributed by atoms with Gasteiger partial charge in [-0.15, -0.1) is 0 Å². The highest BCUT2D eigenvalue weighted by Crippen LogP contribution is 2.39. The molecule has 0 atom stereocenters. The molecule has 0 bridgehead atoms. The van der Waals surface area contributed by atoms with Crippen molar-refractivity contribution in [1.29, 1.82) is 0 Å². The Morgan fingerprint density at radius 1 is 1.33 bits per heavy atom. The summed E-state index contributed by atoms with van der Waals surface area (Å²) < 4.78 is 43.0. The molecule has 1 fully saturated rings. The first kappa shape index (κ1) is 18.7.